The normalized spacial score (nSPS) is 11.9. The van der Waals surface area contributed by atoms with E-state index in [4.69, 9.17) is 0 Å². The minimum absolute atomic E-state index is 0.0156. The highest BCUT2D eigenvalue weighted by Gasteiger charge is 2.19. The number of carboxylic acids is 1. The van der Waals surface area contributed by atoms with Gasteiger partial charge in [-0.3, -0.25) is 0 Å². The zero-order valence-electron chi connectivity index (χ0n) is 14.4. The predicted molar refractivity (Wildman–Crippen MR) is 107 cm³/mol. The van der Waals surface area contributed by atoms with Crippen LogP contribution in [-0.2, 0) is 0 Å². The number of hydrogen-bond donors (Lipinski definition) is 2. The number of para-hydroxylation sites is 1. The summed E-state index contributed by atoms with van der Waals surface area (Å²) in [4.78, 5) is 11.5. The van der Waals surface area contributed by atoms with E-state index in [-0.39, 0.29) is 16.6 Å². The van der Waals surface area contributed by atoms with Crippen molar-refractivity contribution in [2.45, 2.75) is 12.2 Å². The molecule has 3 rings (SSSR count). The first-order valence-corrected chi connectivity index (χ1v) is 9.48. The first-order valence-electron chi connectivity index (χ1n) is 8.44. The molecule has 132 valence electrons. The van der Waals surface area contributed by atoms with Crippen molar-refractivity contribution in [3.8, 4) is 16.9 Å². The van der Waals surface area contributed by atoms with Crippen LogP contribution >= 0.6 is 11.8 Å². The molecule has 3 nitrogen and oxygen atoms in total. The molecule has 1 atom stereocenters. The van der Waals surface area contributed by atoms with Gasteiger partial charge < -0.3 is 10.2 Å². The summed E-state index contributed by atoms with van der Waals surface area (Å²) in [5, 5.41) is 19.7. The first kappa shape index (κ1) is 18.1. The Balaban J connectivity index is 2.08. The van der Waals surface area contributed by atoms with E-state index >= 15 is 0 Å². The maximum atomic E-state index is 11.5. The van der Waals surface area contributed by atoms with E-state index in [0.29, 0.717) is 5.56 Å². The molecule has 0 saturated heterocycles. The molecule has 0 saturated carbocycles. The standard InChI is InChI=1S/C22H20O3S/c1-2-26-21(19-12-5-6-13-20(19)23)16-9-7-8-15(14-16)17-10-3-4-11-18(17)22(24)25/h3-14,21,23H,2H2,1H3,(H,24,25). The fourth-order valence-corrected chi connectivity index (χ4v) is 4.08. The second-order valence-electron chi connectivity index (χ2n) is 5.87. The number of rotatable bonds is 6. The number of carbonyl (C=O) groups is 1. The van der Waals surface area contributed by atoms with Crippen molar-refractivity contribution in [2.75, 3.05) is 5.75 Å². The second kappa shape index (κ2) is 8.11. The molecule has 1 unspecified atom stereocenters. The lowest BCUT2D eigenvalue weighted by atomic mass is 9.95. The molecule has 0 fully saturated rings. The predicted octanol–water partition coefficient (Wildman–Crippen LogP) is 5.60. The Labute approximate surface area is 157 Å². The van der Waals surface area contributed by atoms with Gasteiger partial charge in [0, 0.05) is 5.56 Å². The average Bonchev–Trinajstić information content (AvgIpc) is 2.67. The number of phenols is 1. The van der Waals surface area contributed by atoms with E-state index < -0.39 is 5.97 Å². The molecule has 4 heteroatoms. The molecular formula is C22H20O3S. The zero-order valence-corrected chi connectivity index (χ0v) is 15.2. The minimum atomic E-state index is -0.939. The number of hydrogen-bond acceptors (Lipinski definition) is 3. The van der Waals surface area contributed by atoms with Gasteiger partial charge in [-0.2, -0.15) is 0 Å². The van der Waals surface area contributed by atoms with Crippen LogP contribution in [0.1, 0.15) is 33.7 Å². The number of thioether (sulfide) groups is 1. The molecule has 0 heterocycles. The molecule has 2 N–H and O–H groups in total. The van der Waals surface area contributed by atoms with Crippen molar-refractivity contribution < 1.29 is 15.0 Å². The van der Waals surface area contributed by atoms with E-state index in [9.17, 15) is 15.0 Å². The lowest BCUT2D eigenvalue weighted by Crippen LogP contribution is -2.01. The topological polar surface area (TPSA) is 57.5 Å². The van der Waals surface area contributed by atoms with Gasteiger partial charge in [-0.05, 0) is 40.6 Å². The molecule has 0 radical (unpaired) electrons. The molecule has 0 aliphatic heterocycles. The minimum Gasteiger partial charge on any atom is -0.508 e. The number of benzene rings is 3. The van der Waals surface area contributed by atoms with E-state index in [2.05, 4.69) is 6.92 Å². The summed E-state index contributed by atoms with van der Waals surface area (Å²) >= 11 is 1.73. The number of aromatic hydroxyl groups is 1. The summed E-state index contributed by atoms with van der Waals surface area (Å²) < 4.78 is 0. The van der Waals surface area contributed by atoms with Crippen LogP contribution in [0.15, 0.2) is 72.8 Å². The van der Waals surface area contributed by atoms with Crippen LogP contribution in [0.4, 0.5) is 0 Å². The largest absolute Gasteiger partial charge is 0.508 e. The van der Waals surface area contributed by atoms with Crippen molar-refractivity contribution in [1.29, 1.82) is 0 Å². The van der Waals surface area contributed by atoms with Gasteiger partial charge in [0.25, 0.3) is 0 Å². The van der Waals surface area contributed by atoms with Gasteiger partial charge in [-0.25, -0.2) is 4.79 Å². The summed E-state index contributed by atoms with van der Waals surface area (Å²) in [7, 11) is 0. The Morgan fingerprint density at radius 1 is 1.00 bits per heavy atom. The highest BCUT2D eigenvalue weighted by Crippen LogP contribution is 2.40. The number of phenolic OH excluding ortho intramolecular Hbond substituents is 1. The molecule has 0 amide bonds. The third kappa shape index (κ3) is 3.75. The lowest BCUT2D eigenvalue weighted by molar-refractivity contribution is 0.0697. The van der Waals surface area contributed by atoms with Crippen molar-refractivity contribution in [2.24, 2.45) is 0 Å². The third-order valence-electron chi connectivity index (χ3n) is 4.21. The van der Waals surface area contributed by atoms with Crippen LogP contribution in [0.3, 0.4) is 0 Å². The van der Waals surface area contributed by atoms with E-state index in [1.807, 2.05) is 54.6 Å². The first-order chi connectivity index (χ1) is 12.6. The lowest BCUT2D eigenvalue weighted by Gasteiger charge is -2.19. The Bertz CT molecular complexity index is 921. The van der Waals surface area contributed by atoms with Gasteiger partial charge in [0.1, 0.15) is 5.75 Å². The zero-order chi connectivity index (χ0) is 18.5. The number of aromatic carboxylic acids is 1. The molecule has 0 aromatic heterocycles. The maximum Gasteiger partial charge on any atom is 0.336 e. The molecule has 0 aliphatic rings. The van der Waals surface area contributed by atoms with Crippen molar-refractivity contribution in [1.82, 2.24) is 0 Å². The van der Waals surface area contributed by atoms with Gasteiger partial charge in [-0.15, -0.1) is 11.8 Å². The van der Waals surface area contributed by atoms with E-state index in [1.54, 1.807) is 30.0 Å². The Morgan fingerprint density at radius 3 is 2.46 bits per heavy atom. The molecule has 0 spiro atoms. The highest BCUT2D eigenvalue weighted by atomic mass is 32.2. The molecule has 26 heavy (non-hydrogen) atoms. The van der Waals surface area contributed by atoms with Gasteiger partial charge in [0.15, 0.2) is 0 Å². The van der Waals surface area contributed by atoms with Crippen LogP contribution < -0.4 is 0 Å². The summed E-state index contributed by atoms with van der Waals surface area (Å²) in [6, 6.07) is 22.3. The van der Waals surface area contributed by atoms with Gasteiger partial charge in [0.2, 0.25) is 0 Å². The fraction of sp³-hybridized carbons (Fsp3) is 0.136. The number of carboxylic acid groups (broad SMARTS) is 1. The third-order valence-corrected chi connectivity index (χ3v) is 5.40. The monoisotopic (exact) mass is 364 g/mol. The fourth-order valence-electron chi connectivity index (χ4n) is 3.03. The Kier molecular flexibility index (Phi) is 5.64. The Morgan fingerprint density at radius 2 is 1.73 bits per heavy atom. The molecular weight excluding hydrogens is 344 g/mol. The summed E-state index contributed by atoms with van der Waals surface area (Å²) in [5.41, 5.74) is 3.74. The van der Waals surface area contributed by atoms with E-state index in [1.165, 1.54) is 0 Å². The van der Waals surface area contributed by atoms with Gasteiger partial charge >= 0.3 is 5.97 Å². The Hall–Kier alpha value is -2.72. The molecule has 3 aromatic carbocycles. The molecule has 3 aromatic rings. The van der Waals surface area contributed by atoms with Gasteiger partial charge in [0.05, 0.1) is 10.8 Å². The summed E-state index contributed by atoms with van der Waals surface area (Å²) in [6.45, 7) is 2.08. The van der Waals surface area contributed by atoms with Crippen LogP contribution in [-0.4, -0.2) is 21.9 Å². The smallest absolute Gasteiger partial charge is 0.336 e. The molecule has 0 aliphatic carbocycles. The summed E-state index contributed by atoms with van der Waals surface area (Å²) in [6.07, 6.45) is 0. The average molecular weight is 364 g/mol. The van der Waals surface area contributed by atoms with Gasteiger partial charge in [-0.1, -0.05) is 61.5 Å². The van der Waals surface area contributed by atoms with Crippen LogP contribution in [0.5, 0.6) is 5.75 Å². The second-order valence-corrected chi connectivity index (χ2v) is 7.25. The quantitative estimate of drug-likeness (QED) is 0.598. The van der Waals surface area contributed by atoms with Crippen molar-refractivity contribution in [3.05, 3.63) is 89.5 Å². The van der Waals surface area contributed by atoms with Crippen LogP contribution in [0.2, 0.25) is 0 Å². The summed E-state index contributed by atoms with van der Waals surface area (Å²) in [5.74, 6) is 0.232. The maximum absolute atomic E-state index is 11.5. The van der Waals surface area contributed by atoms with Crippen LogP contribution in [0.25, 0.3) is 11.1 Å². The van der Waals surface area contributed by atoms with Crippen molar-refractivity contribution in [3.63, 3.8) is 0 Å². The highest BCUT2D eigenvalue weighted by molar-refractivity contribution is 7.99. The molecule has 0 bridgehead atoms. The van der Waals surface area contributed by atoms with Crippen molar-refractivity contribution >= 4 is 17.7 Å². The SMILES string of the molecule is CCSC(c1cccc(-c2ccccc2C(=O)O)c1)c1ccccc1O. The van der Waals surface area contributed by atoms with E-state index in [0.717, 1.165) is 22.4 Å². The van der Waals surface area contributed by atoms with Crippen LogP contribution in [0, 0.1) is 0 Å².